The molecular weight excluding hydrogens is 298 g/mol. The van der Waals surface area contributed by atoms with E-state index in [2.05, 4.69) is 5.32 Å². The quantitative estimate of drug-likeness (QED) is 0.732. The van der Waals surface area contributed by atoms with Gasteiger partial charge in [-0.1, -0.05) is 12.1 Å². The smallest absolute Gasteiger partial charge is 0.349 e. The average molecular weight is 313 g/mol. The Labute approximate surface area is 131 Å². The molecule has 1 N–H and O–H groups in total. The third-order valence-corrected chi connectivity index (χ3v) is 3.27. The van der Waals surface area contributed by atoms with Crippen LogP contribution < -0.4 is 15.7 Å². The van der Waals surface area contributed by atoms with Gasteiger partial charge in [-0.2, -0.15) is 0 Å². The van der Waals surface area contributed by atoms with Gasteiger partial charge in [0.15, 0.2) is 11.3 Å². The molecule has 23 heavy (non-hydrogen) atoms. The molecule has 0 spiro atoms. The van der Waals surface area contributed by atoms with E-state index in [-0.39, 0.29) is 12.1 Å². The lowest BCUT2D eigenvalue weighted by atomic mass is 10.1. The maximum absolute atomic E-state index is 12.2. The SMILES string of the molecule is CCOc1cccc2cc(C(=O)NCc3ccco3)c(=O)oc12. The fourth-order valence-corrected chi connectivity index (χ4v) is 2.22. The summed E-state index contributed by atoms with van der Waals surface area (Å²) < 4.78 is 15.8. The van der Waals surface area contributed by atoms with E-state index in [1.165, 1.54) is 12.3 Å². The van der Waals surface area contributed by atoms with Crippen molar-refractivity contribution in [2.75, 3.05) is 6.61 Å². The van der Waals surface area contributed by atoms with Crippen LogP contribution in [0.5, 0.6) is 5.75 Å². The number of hydrogen-bond acceptors (Lipinski definition) is 5. The third-order valence-electron chi connectivity index (χ3n) is 3.27. The Morgan fingerprint density at radius 2 is 2.13 bits per heavy atom. The number of benzene rings is 1. The van der Waals surface area contributed by atoms with Gasteiger partial charge in [0, 0.05) is 5.39 Å². The van der Waals surface area contributed by atoms with Crippen LogP contribution in [-0.2, 0) is 6.54 Å². The molecule has 0 bridgehead atoms. The molecule has 6 nitrogen and oxygen atoms in total. The topological polar surface area (TPSA) is 81.7 Å². The maximum Gasteiger partial charge on any atom is 0.349 e. The van der Waals surface area contributed by atoms with Crippen molar-refractivity contribution in [2.45, 2.75) is 13.5 Å². The predicted octanol–water partition coefficient (Wildman–Crippen LogP) is 2.71. The standard InChI is InChI=1S/C17H15NO5/c1-2-21-14-7-3-5-11-9-13(17(20)23-15(11)14)16(19)18-10-12-6-4-8-22-12/h3-9H,2,10H2,1H3,(H,18,19). The zero-order valence-corrected chi connectivity index (χ0v) is 12.5. The summed E-state index contributed by atoms with van der Waals surface area (Å²) in [5.41, 5.74) is -0.429. The molecule has 0 saturated heterocycles. The largest absolute Gasteiger partial charge is 0.490 e. The molecule has 0 fully saturated rings. The van der Waals surface area contributed by atoms with Crippen molar-refractivity contribution in [1.82, 2.24) is 5.32 Å². The lowest BCUT2D eigenvalue weighted by molar-refractivity contribution is 0.0944. The molecule has 0 aliphatic carbocycles. The summed E-state index contributed by atoms with van der Waals surface area (Å²) in [5, 5.41) is 3.25. The van der Waals surface area contributed by atoms with Crippen molar-refractivity contribution in [1.29, 1.82) is 0 Å². The first-order valence-corrected chi connectivity index (χ1v) is 7.19. The van der Waals surface area contributed by atoms with Gasteiger partial charge in [0.05, 0.1) is 19.4 Å². The summed E-state index contributed by atoms with van der Waals surface area (Å²) in [6.45, 7) is 2.49. The van der Waals surface area contributed by atoms with Crippen LogP contribution in [0.4, 0.5) is 0 Å². The first-order valence-electron chi connectivity index (χ1n) is 7.19. The Morgan fingerprint density at radius 1 is 1.26 bits per heavy atom. The van der Waals surface area contributed by atoms with E-state index in [4.69, 9.17) is 13.6 Å². The monoisotopic (exact) mass is 313 g/mol. The van der Waals surface area contributed by atoms with E-state index >= 15 is 0 Å². The lowest BCUT2D eigenvalue weighted by Crippen LogP contribution is -2.27. The highest BCUT2D eigenvalue weighted by Crippen LogP contribution is 2.24. The van der Waals surface area contributed by atoms with Gasteiger partial charge in [0.25, 0.3) is 5.91 Å². The minimum absolute atomic E-state index is 0.0577. The molecular formula is C17H15NO5. The lowest BCUT2D eigenvalue weighted by Gasteiger charge is -2.07. The highest BCUT2D eigenvalue weighted by atomic mass is 16.5. The number of furan rings is 1. The van der Waals surface area contributed by atoms with Crippen LogP contribution in [0.2, 0.25) is 0 Å². The number of hydrogen-bond donors (Lipinski definition) is 1. The molecule has 0 saturated carbocycles. The molecule has 0 aliphatic heterocycles. The summed E-state index contributed by atoms with van der Waals surface area (Å²) in [6, 6.07) is 10.2. The van der Waals surface area contributed by atoms with Gasteiger partial charge in [-0.05, 0) is 31.2 Å². The molecule has 1 aromatic carbocycles. The number of fused-ring (bicyclic) bond motifs is 1. The first-order chi connectivity index (χ1) is 11.2. The summed E-state index contributed by atoms with van der Waals surface area (Å²) >= 11 is 0. The number of ether oxygens (including phenoxy) is 1. The zero-order valence-electron chi connectivity index (χ0n) is 12.5. The first kappa shape index (κ1) is 14.9. The average Bonchev–Trinajstić information content (AvgIpc) is 3.06. The van der Waals surface area contributed by atoms with Crippen LogP contribution >= 0.6 is 0 Å². The molecule has 0 aliphatic rings. The van der Waals surface area contributed by atoms with Gasteiger partial charge >= 0.3 is 5.63 Å². The van der Waals surface area contributed by atoms with Gasteiger partial charge in [-0.15, -0.1) is 0 Å². The minimum atomic E-state index is -0.707. The molecule has 0 atom stereocenters. The van der Waals surface area contributed by atoms with Crippen molar-refractivity contribution in [3.8, 4) is 5.75 Å². The molecule has 6 heteroatoms. The Hall–Kier alpha value is -3.02. The third kappa shape index (κ3) is 3.11. The molecule has 3 rings (SSSR count). The van der Waals surface area contributed by atoms with Gasteiger partial charge < -0.3 is 18.9 Å². The van der Waals surface area contributed by atoms with Crippen molar-refractivity contribution in [2.24, 2.45) is 0 Å². The Balaban J connectivity index is 1.90. The molecule has 118 valence electrons. The molecule has 3 aromatic rings. The molecule has 2 aromatic heterocycles. The maximum atomic E-state index is 12.2. The van der Waals surface area contributed by atoms with Gasteiger partial charge in [-0.25, -0.2) is 4.79 Å². The number of carbonyl (C=O) groups is 1. The van der Waals surface area contributed by atoms with Crippen LogP contribution in [0.3, 0.4) is 0 Å². The highest BCUT2D eigenvalue weighted by Gasteiger charge is 2.15. The van der Waals surface area contributed by atoms with Crippen LogP contribution in [0.1, 0.15) is 23.0 Å². The second-order valence-corrected chi connectivity index (χ2v) is 4.82. The number of para-hydroxylation sites is 1. The Morgan fingerprint density at radius 3 is 2.87 bits per heavy atom. The van der Waals surface area contributed by atoms with Crippen molar-refractivity contribution in [3.05, 3.63) is 64.4 Å². The number of amides is 1. The highest BCUT2D eigenvalue weighted by molar-refractivity contribution is 5.97. The van der Waals surface area contributed by atoms with Crippen LogP contribution in [0.25, 0.3) is 11.0 Å². The van der Waals surface area contributed by atoms with Gasteiger partial charge in [0.1, 0.15) is 11.3 Å². The van der Waals surface area contributed by atoms with E-state index in [1.54, 1.807) is 30.3 Å². The van der Waals surface area contributed by atoms with E-state index < -0.39 is 11.5 Å². The summed E-state index contributed by atoms with van der Waals surface area (Å²) in [4.78, 5) is 24.3. The van der Waals surface area contributed by atoms with Crippen molar-refractivity contribution < 1.29 is 18.4 Å². The second kappa shape index (κ2) is 6.39. The Bertz CT molecular complexity index is 880. The molecule has 1 amide bonds. The van der Waals surface area contributed by atoms with E-state index in [0.29, 0.717) is 29.1 Å². The summed E-state index contributed by atoms with van der Waals surface area (Å²) in [6.07, 6.45) is 1.52. The van der Waals surface area contributed by atoms with Crippen LogP contribution in [0, 0.1) is 0 Å². The fraction of sp³-hybridized carbons (Fsp3) is 0.176. The fourth-order valence-electron chi connectivity index (χ4n) is 2.22. The number of nitrogens with one attached hydrogen (secondary N) is 1. The van der Waals surface area contributed by atoms with Crippen LogP contribution in [0.15, 0.2) is 56.3 Å². The second-order valence-electron chi connectivity index (χ2n) is 4.82. The Kier molecular flexibility index (Phi) is 4.14. The summed E-state index contributed by atoms with van der Waals surface area (Å²) in [5.74, 6) is 0.561. The molecule has 0 unspecified atom stereocenters. The summed E-state index contributed by atoms with van der Waals surface area (Å²) in [7, 11) is 0. The normalized spacial score (nSPS) is 10.7. The van der Waals surface area contributed by atoms with E-state index in [0.717, 1.165) is 0 Å². The van der Waals surface area contributed by atoms with Crippen LogP contribution in [-0.4, -0.2) is 12.5 Å². The van der Waals surface area contributed by atoms with Crippen molar-refractivity contribution in [3.63, 3.8) is 0 Å². The minimum Gasteiger partial charge on any atom is -0.490 e. The zero-order chi connectivity index (χ0) is 16.2. The van der Waals surface area contributed by atoms with Gasteiger partial charge in [-0.3, -0.25) is 4.79 Å². The molecule has 0 radical (unpaired) electrons. The van der Waals surface area contributed by atoms with Gasteiger partial charge in [0.2, 0.25) is 0 Å². The number of carbonyl (C=O) groups excluding carboxylic acids is 1. The molecule has 2 heterocycles. The van der Waals surface area contributed by atoms with Crippen molar-refractivity contribution >= 4 is 16.9 Å². The van der Waals surface area contributed by atoms with E-state index in [9.17, 15) is 9.59 Å². The van der Waals surface area contributed by atoms with E-state index in [1.807, 2.05) is 6.92 Å². The number of rotatable bonds is 5. The predicted molar refractivity (Wildman–Crippen MR) is 83.5 cm³/mol.